The molecule has 3 rings (SSSR count). The summed E-state index contributed by atoms with van der Waals surface area (Å²) in [6, 6.07) is 13.3. The molecule has 0 aliphatic rings. The van der Waals surface area contributed by atoms with E-state index in [0.717, 1.165) is 16.5 Å². The zero-order valence-corrected chi connectivity index (χ0v) is 12.1. The maximum atomic E-state index is 5.71. The average Bonchev–Trinajstić information content (AvgIpc) is 2.51. The van der Waals surface area contributed by atoms with Crippen LogP contribution in [0.4, 0.5) is 0 Å². The molecule has 0 unspecified atom stereocenters. The molecule has 20 heavy (non-hydrogen) atoms. The number of nitrogens with zero attached hydrogens (tertiary/aromatic N) is 2. The Morgan fingerprint density at radius 2 is 1.80 bits per heavy atom. The topological polar surface area (TPSA) is 51.8 Å². The van der Waals surface area contributed by atoms with Crippen LogP contribution in [0.25, 0.3) is 10.9 Å². The van der Waals surface area contributed by atoms with Gasteiger partial charge in [-0.3, -0.25) is 0 Å². The molecular formula is C15H13Cl2N3. The lowest BCUT2D eigenvalue weighted by Gasteiger charge is -1.97. The van der Waals surface area contributed by atoms with Crippen molar-refractivity contribution in [2.75, 3.05) is 0 Å². The highest BCUT2D eigenvalue weighted by Gasteiger charge is 1.96. The summed E-state index contributed by atoms with van der Waals surface area (Å²) in [6.07, 6.45) is 3.37. The largest absolute Gasteiger partial charge is 0.326 e. The van der Waals surface area contributed by atoms with Gasteiger partial charge in [-0.2, -0.15) is 0 Å². The molecule has 1 heterocycles. The van der Waals surface area contributed by atoms with Crippen molar-refractivity contribution < 1.29 is 0 Å². The fraction of sp³-hybridized carbons (Fsp3) is 0.0667. The highest BCUT2D eigenvalue weighted by Crippen LogP contribution is 2.22. The fourth-order valence-corrected chi connectivity index (χ4v) is 1.91. The van der Waals surface area contributed by atoms with Crippen LogP contribution in [0.1, 0.15) is 5.56 Å². The van der Waals surface area contributed by atoms with Gasteiger partial charge in [0.05, 0.1) is 15.6 Å². The summed E-state index contributed by atoms with van der Waals surface area (Å²) < 4.78 is 0. The van der Waals surface area contributed by atoms with Crippen molar-refractivity contribution in [3.63, 3.8) is 0 Å². The summed E-state index contributed by atoms with van der Waals surface area (Å²) in [6.45, 7) is 0.497. The predicted octanol–water partition coefficient (Wildman–Crippen LogP) is 4.08. The van der Waals surface area contributed by atoms with Gasteiger partial charge in [0.15, 0.2) is 0 Å². The van der Waals surface area contributed by atoms with Crippen molar-refractivity contribution in [2.24, 2.45) is 5.73 Å². The number of para-hydroxylation sites is 1. The molecule has 3 aromatic rings. The van der Waals surface area contributed by atoms with Crippen LogP contribution in [-0.2, 0) is 6.54 Å². The minimum Gasteiger partial charge on any atom is -0.326 e. The molecule has 0 fully saturated rings. The summed E-state index contributed by atoms with van der Waals surface area (Å²) in [5.41, 5.74) is 7.36. The number of aromatic nitrogens is 2. The Morgan fingerprint density at radius 1 is 1.00 bits per heavy atom. The minimum absolute atomic E-state index is 0.497. The normalized spacial score (nSPS) is 9.95. The second kappa shape index (κ2) is 7.20. The molecule has 0 aliphatic carbocycles. The number of fused-ring (bicyclic) bond motifs is 1. The second-order valence-corrected chi connectivity index (χ2v) is 4.85. The van der Waals surface area contributed by atoms with Crippen molar-refractivity contribution in [3.8, 4) is 0 Å². The van der Waals surface area contributed by atoms with E-state index in [9.17, 15) is 0 Å². The Labute approximate surface area is 127 Å². The van der Waals surface area contributed by atoms with Crippen LogP contribution >= 0.6 is 23.2 Å². The molecule has 0 aliphatic heterocycles. The number of hydrogen-bond acceptors (Lipinski definition) is 3. The standard InChI is InChI=1S/C8H6N2.C7H7Cl2N/c1-2-4-8-7(3-1)5-9-6-10-8;8-6-2-1-5(4-10)3-7(6)9/h1-6H;1-3H,4,10H2. The van der Waals surface area contributed by atoms with E-state index < -0.39 is 0 Å². The zero-order chi connectivity index (χ0) is 14.4. The third kappa shape index (κ3) is 3.90. The van der Waals surface area contributed by atoms with Crippen LogP contribution in [0.5, 0.6) is 0 Å². The number of benzene rings is 2. The summed E-state index contributed by atoms with van der Waals surface area (Å²) >= 11 is 11.4. The van der Waals surface area contributed by atoms with Crippen LogP contribution < -0.4 is 5.73 Å². The molecule has 1 aromatic heterocycles. The predicted molar refractivity (Wildman–Crippen MR) is 83.9 cm³/mol. The number of halogens is 2. The fourth-order valence-electron chi connectivity index (χ4n) is 1.59. The molecule has 0 bridgehead atoms. The molecule has 0 saturated carbocycles. The number of nitrogens with two attached hydrogens (primary N) is 1. The molecule has 0 amide bonds. The van der Waals surface area contributed by atoms with Gasteiger partial charge in [0.25, 0.3) is 0 Å². The number of rotatable bonds is 1. The SMILES string of the molecule is NCc1ccc(Cl)c(Cl)c1.c1ccc2ncncc2c1. The molecule has 2 N–H and O–H groups in total. The lowest BCUT2D eigenvalue weighted by Crippen LogP contribution is -1.95. The third-order valence-electron chi connectivity index (χ3n) is 2.63. The molecule has 0 radical (unpaired) electrons. The molecule has 0 spiro atoms. The van der Waals surface area contributed by atoms with Gasteiger partial charge in [0.1, 0.15) is 6.33 Å². The first kappa shape index (κ1) is 14.7. The van der Waals surface area contributed by atoms with Crippen LogP contribution in [0.3, 0.4) is 0 Å². The first-order valence-corrected chi connectivity index (χ1v) is 6.75. The smallest absolute Gasteiger partial charge is 0.116 e. The van der Waals surface area contributed by atoms with Crippen LogP contribution in [0.2, 0.25) is 10.0 Å². The third-order valence-corrected chi connectivity index (χ3v) is 3.37. The molecular weight excluding hydrogens is 293 g/mol. The monoisotopic (exact) mass is 305 g/mol. The maximum absolute atomic E-state index is 5.71. The Bertz CT molecular complexity index is 636. The summed E-state index contributed by atoms with van der Waals surface area (Å²) in [4.78, 5) is 7.97. The second-order valence-electron chi connectivity index (χ2n) is 4.03. The van der Waals surface area contributed by atoms with Gasteiger partial charge < -0.3 is 5.73 Å². The molecule has 2 aromatic carbocycles. The minimum atomic E-state index is 0.497. The van der Waals surface area contributed by atoms with E-state index in [4.69, 9.17) is 28.9 Å². The summed E-state index contributed by atoms with van der Waals surface area (Å²) in [7, 11) is 0. The van der Waals surface area contributed by atoms with E-state index in [1.54, 1.807) is 18.5 Å². The highest BCUT2D eigenvalue weighted by atomic mass is 35.5. The van der Waals surface area contributed by atoms with E-state index >= 15 is 0 Å². The Balaban J connectivity index is 0.000000147. The van der Waals surface area contributed by atoms with Gasteiger partial charge in [-0.25, -0.2) is 9.97 Å². The van der Waals surface area contributed by atoms with E-state index in [-0.39, 0.29) is 0 Å². The summed E-state index contributed by atoms with van der Waals surface area (Å²) in [5.74, 6) is 0. The van der Waals surface area contributed by atoms with Crippen molar-refractivity contribution in [2.45, 2.75) is 6.54 Å². The Kier molecular flexibility index (Phi) is 5.30. The highest BCUT2D eigenvalue weighted by molar-refractivity contribution is 6.42. The lowest BCUT2D eigenvalue weighted by molar-refractivity contribution is 1.07. The van der Waals surface area contributed by atoms with Crippen LogP contribution in [0.15, 0.2) is 55.0 Å². The van der Waals surface area contributed by atoms with Crippen LogP contribution in [-0.4, -0.2) is 9.97 Å². The van der Waals surface area contributed by atoms with Crippen molar-refractivity contribution in [1.82, 2.24) is 9.97 Å². The lowest BCUT2D eigenvalue weighted by atomic mass is 10.2. The Hall–Kier alpha value is -1.68. The van der Waals surface area contributed by atoms with Gasteiger partial charge in [-0.05, 0) is 23.8 Å². The quantitative estimate of drug-likeness (QED) is 0.737. The van der Waals surface area contributed by atoms with Crippen molar-refractivity contribution >= 4 is 34.1 Å². The molecule has 102 valence electrons. The van der Waals surface area contributed by atoms with Crippen LogP contribution in [0, 0.1) is 0 Å². The van der Waals surface area contributed by atoms with Gasteiger partial charge in [0.2, 0.25) is 0 Å². The first-order chi connectivity index (χ1) is 9.70. The zero-order valence-electron chi connectivity index (χ0n) is 10.6. The Morgan fingerprint density at radius 3 is 2.50 bits per heavy atom. The average molecular weight is 306 g/mol. The van der Waals surface area contributed by atoms with Gasteiger partial charge in [0, 0.05) is 18.1 Å². The van der Waals surface area contributed by atoms with Gasteiger partial charge in [-0.15, -0.1) is 0 Å². The first-order valence-electron chi connectivity index (χ1n) is 5.99. The molecule has 0 atom stereocenters. The molecule has 0 saturated heterocycles. The van der Waals surface area contributed by atoms with Crippen molar-refractivity contribution in [3.05, 3.63) is 70.6 Å². The van der Waals surface area contributed by atoms with E-state index in [1.807, 2.05) is 36.5 Å². The van der Waals surface area contributed by atoms with Crippen molar-refractivity contribution in [1.29, 1.82) is 0 Å². The van der Waals surface area contributed by atoms with E-state index in [0.29, 0.717) is 16.6 Å². The summed E-state index contributed by atoms with van der Waals surface area (Å²) in [5, 5.41) is 2.22. The maximum Gasteiger partial charge on any atom is 0.116 e. The van der Waals surface area contributed by atoms with E-state index in [2.05, 4.69) is 9.97 Å². The van der Waals surface area contributed by atoms with Gasteiger partial charge in [-0.1, -0.05) is 47.5 Å². The van der Waals surface area contributed by atoms with E-state index in [1.165, 1.54) is 0 Å². The molecule has 5 heteroatoms. The molecule has 3 nitrogen and oxygen atoms in total. The van der Waals surface area contributed by atoms with Gasteiger partial charge >= 0.3 is 0 Å². The number of hydrogen-bond donors (Lipinski definition) is 1.